The molecule has 4 rings (SSSR count). The molecule has 0 N–H and O–H groups in total. The van der Waals surface area contributed by atoms with Crippen LogP contribution in [0.2, 0.25) is 10.0 Å². The Morgan fingerprint density at radius 2 is 1.73 bits per heavy atom. The monoisotopic (exact) mass is 619 g/mol. The number of ketones is 1. The molecular weight excluding hydrogens is 601 g/mol. The largest absolute Gasteiger partial charge is 0.490 e. The van der Waals surface area contributed by atoms with E-state index < -0.39 is 11.1 Å². The Hall–Kier alpha value is -2.78. The van der Waals surface area contributed by atoms with E-state index in [1.807, 2.05) is 13.0 Å². The number of carbonyl (C=O) groups is 3. The number of halogens is 3. The number of rotatable bonds is 9. The highest BCUT2D eigenvalue weighted by molar-refractivity contribution is 9.10. The third-order valence-electron chi connectivity index (χ3n) is 5.29. The highest BCUT2D eigenvalue weighted by Crippen LogP contribution is 2.35. The lowest BCUT2D eigenvalue weighted by molar-refractivity contribution is -0.122. The Kier molecular flexibility index (Phi) is 8.97. The minimum Gasteiger partial charge on any atom is -0.490 e. The maximum absolute atomic E-state index is 12.9. The lowest BCUT2D eigenvalue weighted by Gasteiger charge is -2.13. The molecule has 0 aromatic heterocycles. The van der Waals surface area contributed by atoms with Crippen LogP contribution in [-0.2, 0) is 11.4 Å². The Morgan fingerprint density at radius 1 is 0.973 bits per heavy atom. The summed E-state index contributed by atoms with van der Waals surface area (Å²) in [6.07, 6.45) is 1.60. The van der Waals surface area contributed by atoms with Crippen LogP contribution in [-0.4, -0.2) is 35.0 Å². The number of amides is 2. The summed E-state index contributed by atoms with van der Waals surface area (Å²) in [7, 11) is 0. The molecule has 0 saturated carbocycles. The van der Waals surface area contributed by atoms with Crippen molar-refractivity contribution in [1.29, 1.82) is 0 Å². The molecule has 10 heteroatoms. The highest BCUT2D eigenvalue weighted by Gasteiger charge is 2.36. The first-order valence-electron chi connectivity index (χ1n) is 11.1. The van der Waals surface area contributed by atoms with Crippen molar-refractivity contribution in [2.24, 2.45) is 0 Å². The number of thioether (sulfide) groups is 1. The Balaban J connectivity index is 1.48. The van der Waals surface area contributed by atoms with Crippen molar-refractivity contribution in [3.8, 4) is 11.5 Å². The number of benzene rings is 3. The Morgan fingerprint density at radius 3 is 2.43 bits per heavy atom. The van der Waals surface area contributed by atoms with Crippen LogP contribution in [0.15, 0.2) is 70.0 Å². The van der Waals surface area contributed by atoms with Crippen molar-refractivity contribution < 1.29 is 23.9 Å². The minimum atomic E-state index is -0.515. The van der Waals surface area contributed by atoms with E-state index in [1.54, 1.807) is 60.7 Å². The van der Waals surface area contributed by atoms with E-state index >= 15 is 0 Å². The van der Waals surface area contributed by atoms with Gasteiger partial charge in [0.2, 0.25) is 0 Å². The fraction of sp³-hybridized carbons (Fsp3) is 0.148. The van der Waals surface area contributed by atoms with Crippen LogP contribution >= 0.6 is 50.9 Å². The highest BCUT2D eigenvalue weighted by atomic mass is 79.9. The second kappa shape index (κ2) is 12.2. The van der Waals surface area contributed by atoms with Gasteiger partial charge < -0.3 is 9.47 Å². The first-order chi connectivity index (χ1) is 17.7. The van der Waals surface area contributed by atoms with Gasteiger partial charge in [-0.2, -0.15) is 0 Å². The Labute approximate surface area is 236 Å². The van der Waals surface area contributed by atoms with Crippen LogP contribution in [0.3, 0.4) is 0 Å². The van der Waals surface area contributed by atoms with Gasteiger partial charge in [0.1, 0.15) is 6.61 Å². The molecule has 0 aliphatic carbocycles. The van der Waals surface area contributed by atoms with Crippen LogP contribution < -0.4 is 9.47 Å². The molecule has 0 bridgehead atoms. The first kappa shape index (κ1) is 27.3. The number of ether oxygens (including phenoxy) is 2. The van der Waals surface area contributed by atoms with E-state index in [-0.39, 0.29) is 23.8 Å². The summed E-state index contributed by atoms with van der Waals surface area (Å²) in [5.41, 5.74) is 1.91. The van der Waals surface area contributed by atoms with Crippen molar-refractivity contribution in [3.05, 3.63) is 96.8 Å². The van der Waals surface area contributed by atoms with Gasteiger partial charge in [0.25, 0.3) is 11.1 Å². The Bertz CT molecular complexity index is 1390. The summed E-state index contributed by atoms with van der Waals surface area (Å²) in [6.45, 7) is 2.18. The van der Waals surface area contributed by atoms with Gasteiger partial charge in [-0.15, -0.1) is 0 Å². The summed E-state index contributed by atoms with van der Waals surface area (Å²) < 4.78 is 12.5. The maximum Gasteiger partial charge on any atom is 0.293 e. The molecule has 37 heavy (non-hydrogen) atoms. The topological polar surface area (TPSA) is 72.9 Å². The molecule has 0 atom stereocenters. The quantitative estimate of drug-likeness (QED) is 0.181. The van der Waals surface area contributed by atoms with E-state index in [0.717, 1.165) is 26.7 Å². The van der Waals surface area contributed by atoms with Gasteiger partial charge in [-0.25, -0.2) is 0 Å². The van der Waals surface area contributed by atoms with Gasteiger partial charge in [-0.1, -0.05) is 63.4 Å². The third-order valence-corrected chi connectivity index (χ3v) is 7.46. The number of carbonyl (C=O) groups excluding carboxylic acids is 3. The van der Waals surface area contributed by atoms with Gasteiger partial charge >= 0.3 is 0 Å². The second-order valence-electron chi connectivity index (χ2n) is 7.87. The van der Waals surface area contributed by atoms with Crippen LogP contribution in [0.4, 0.5) is 4.79 Å². The smallest absolute Gasteiger partial charge is 0.293 e. The minimum absolute atomic E-state index is 0.223. The summed E-state index contributed by atoms with van der Waals surface area (Å²) in [4.78, 5) is 39.2. The lowest BCUT2D eigenvalue weighted by atomic mass is 10.1. The van der Waals surface area contributed by atoms with E-state index in [2.05, 4.69) is 15.9 Å². The fourth-order valence-corrected chi connectivity index (χ4v) is 4.87. The van der Waals surface area contributed by atoms with Crippen LogP contribution in [0.5, 0.6) is 11.5 Å². The maximum atomic E-state index is 12.9. The average molecular weight is 621 g/mol. The summed E-state index contributed by atoms with van der Waals surface area (Å²) >= 11 is 16.2. The van der Waals surface area contributed by atoms with E-state index in [4.69, 9.17) is 32.7 Å². The van der Waals surface area contributed by atoms with Gasteiger partial charge in [-0.05, 0) is 72.3 Å². The van der Waals surface area contributed by atoms with Crippen molar-refractivity contribution in [1.82, 2.24) is 4.90 Å². The second-order valence-corrected chi connectivity index (χ2v) is 10.6. The predicted molar refractivity (Wildman–Crippen MR) is 150 cm³/mol. The molecule has 0 radical (unpaired) electrons. The molecule has 1 aliphatic rings. The van der Waals surface area contributed by atoms with Crippen molar-refractivity contribution >= 4 is 73.9 Å². The molecule has 2 amide bonds. The number of nitrogens with zero attached hydrogens (tertiary/aromatic N) is 1. The lowest BCUT2D eigenvalue weighted by Crippen LogP contribution is -2.33. The zero-order valence-electron chi connectivity index (χ0n) is 19.5. The summed E-state index contributed by atoms with van der Waals surface area (Å²) in [5.74, 6) is 0.163. The van der Waals surface area contributed by atoms with Crippen LogP contribution in [0, 0.1) is 0 Å². The number of Topliss-reactive ketones (excluding diaryl/α,β-unsaturated/α-hetero) is 1. The molecule has 1 aliphatic heterocycles. The third kappa shape index (κ3) is 6.76. The predicted octanol–water partition coefficient (Wildman–Crippen LogP) is 7.65. The van der Waals surface area contributed by atoms with E-state index in [0.29, 0.717) is 39.3 Å². The van der Waals surface area contributed by atoms with E-state index in [9.17, 15) is 14.4 Å². The molecule has 1 heterocycles. The number of hydrogen-bond donors (Lipinski definition) is 0. The average Bonchev–Trinajstić information content (AvgIpc) is 3.13. The molecule has 6 nitrogen and oxygen atoms in total. The molecule has 1 fully saturated rings. The molecular formula is C27H20BrCl2NO5S. The van der Waals surface area contributed by atoms with Crippen LogP contribution in [0.1, 0.15) is 28.4 Å². The molecule has 190 valence electrons. The summed E-state index contributed by atoms with van der Waals surface area (Å²) in [5, 5.41) is 0.413. The zero-order valence-corrected chi connectivity index (χ0v) is 23.4. The zero-order chi connectivity index (χ0) is 26.5. The molecule has 3 aromatic carbocycles. The van der Waals surface area contributed by atoms with Crippen molar-refractivity contribution in [3.63, 3.8) is 0 Å². The number of imide groups is 1. The van der Waals surface area contributed by atoms with Crippen molar-refractivity contribution in [2.75, 3.05) is 13.2 Å². The van der Waals surface area contributed by atoms with Gasteiger partial charge in [-0.3, -0.25) is 19.3 Å². The van der Waals surface area contributed by atoms with E-state index in [1.165, 1.54) is 0 Å². The first-order valence-corrected chi connectivity index (χ1v) is 13.5. The SMILES string of the molecule is CCOc1cc(/C=C2/SC(=O)N(CC(=O)c3ccc(Br)cc3)C2=O)ccc1OCc1ccc(Cl)c(Cl)c1. The van der Waals surface area contributed by atoms with Gasteiger partial charge in [0, 0.05) is 10.0 Å². The van der Waals surface area contributed by atoms with Crippen molar-refractivity contribution in [2.45, 2.75) is 13.5 Å². The standard InChI is InChI=1S/C27H20BrCl2NO5S/c1-2-35-24-12-16(4-10-23(24)36-15-17-3-9-20(29)21(30)11-17)13-25-26(33)31(27(34)37-25)14-22(32)18-5-7-19(28)8-6-18/h3-13H,2,14-15H2,1H3/b25-13+. The normalized spacial score (nSPS) is 14.4. The molecule has 0 unspecified atom stereocenters. The fourth-order valence-electron chi connectivity index (χ4n) is 3.45. The summed E-state index contributed by atoms with van der Waals surface area (Å²) in [6, 6.07) is 17.2. The van der Waals surface area contributed by atoms with Crippen LogP contribution in [0.25, 0.3) is 6.08 Å². The van der Waals surface area contributed by atoms with Gasteiger partial charge in [0.15, 0.2) is 17.3 Å². The number of hydrogen-bond acceptors (Lipinski definition) is 6. The molecule has 3 aromatic rings. The molecule has 0 spiro atoms. The molecule has 1 saturated heterocycles. The van der Waals surface area contributed by atoms with Gasteiger partial charge in [0.05, 0.1) is 28.1 Å².